The molecule has 1 N–H and O–H groups in total. The third-order valence-corrected chi connectivity index (χ3v) is 4.11. The van der Waals surface area contributed by atoms with E-state index in [9.17, 15) is 9.18 Å². The first kappa shape index (κ1) is 17.4. The summed E-state index contributed by atoms with van der Waals surface area (Å²) in [5, 5.41) is 2.98. The summed E-state index contributed by atoms with van der Waals surface area (Å²) in [6.45, 7) is 0.949. The molecule has 1 aromatic heterocycles. The first-order valence-corrected chi connectivity index (χ1v) is 8.39. The van der Waals surface area contributed by atoms with Crippen molar-refractivity contribution in [3.63, 3.8) is 0 Å². The Hall–Kier alpha value is -2.47. The molecular weight excluding hydrogens is 323 g/mol. The van der Waals surface area contributed by atoms with E-state index in [-0.39, 0.29) is 23.9 Å². The lowest BCUT2D eigenvalue weighted by Crippen LogP contribution is -2.51. The van der Waals surface area contributed by atoms with Gasteiger partial charge in [0.2, 0.25) is 5.91 Å². The Bertz CT molecular complexity index is 696. The van der Waals surface area contributed by atoms with E-state index in [4.69, 9.17) is 9.47 Å². The molecule has 6 heteroatoms. The van der Waals surface area contributed by atoms with Crippen LogP contribution in [0, 0.1) is 5.82 Å². The molecule has 0 spiro atoms. The van der Waals surface area contributed by atoms with Crippen molar-refractivity contribution in [1.29, 1.82) is 0 Å². The highest BCUT2D eigenvalue weighted by atomic mass is 19.1. The van der Waals surface area contributed by atoms with E-state index in [1.54, 1.807) is 24.5 Å². The second-order valence-electron chi connectivity index (χ2n) is 6.01. The first-order valence-electron chi connectivity index (χ1n) is 8.39. The lowest BCUT2D eigenvalue weighted by atomic mass is 10.1. The molecular formula is C19H21FN2O3. The number of benzene rings is 1. The van der Waals surface area contributed by atoms with Gasteiger partial charge in [-0.2, -0.15) is 0 Å². The number of carbonyl (C=O) groups is 1. The van der Waals surface area contributed by atoms with Gasteiger partial charge in [-0.3, -0.25) is 9.78 Å². The van der Waals surface area contributed by atoms with Crippen molar-refractivity contribution in [1.82, 2.24) is 10.3 Å². The maximum Gasteiger partial charge on any atom is 0.220 e. The van der Waals surface area contributed by atoms with Gasteiger partial charge in [0, 0.05) is 31.3 Å². The van der Waals surface area contributed by atoms with Crippen LogP contribution in [0.4, 0.5) is 4.39 Å². The summed E-state index contributed by atoms with van der Waals surface area (Å²) in [5.41, 5.74) is 1.07. The molecule has 25 heavy (non-hydrogen) atoms. The normalized spacial score (nSPS) is 20.0. The maximum absolute atomic E-state index is 13.3. The predicted octanol–water partition coefficient (Wildman–Crippen LogP) is 2.51. The molecule has 2 heterocycles. The number of nitrogens with zero attached hydrogens (tertiary/aromatic N) is 1. The lowest BCUT2D eigenvalue weighted by Gasteiger charge is -2.32. The Kier molecular flexibility index (Phi) is 5.95. The number of hydrogen-bond donors (Lipinski definition) is 1. The minimum absolute atomic E-state index is 0.0554. The Morgan fingerprint density at radius 2 is 2.16 bits per heavy atom. The number of nitrogens with one attached hydrogen (secondary N) is 1. The van der Waals surface area contributed by atoms with Gasteiger partial charge < -0.3 is 14.8 Å². The highest BCUT2D eigenvalue weighted by Gasteiger charge is 2.29. The number of aromatic nitrogens is 1. The SMILES string of the molecule is O=C(CCc1ccncc1)N[C@@H]1COCC[C@@H]1Oc1cccc(F)c1. The maximum atomic E-state index is 13.3. The van der Waals surface area contributed by atoms with E-state index in [1.807, 2.05) is 12.1 Å². The standard InChI is InChI=1S/C19H21FN2O3/c20-15-2-1-3-16(12-15)25-18-8-11-24-13-17(18)22-19(23)5-4-14-6-9-21-10-7-14/h1-3,6-7,9-10,12,17-18H,4-5,8,11,13H2,(H,22,23)/t17-,18+/m1/s1. The van der Waals surface area contributed by atoms with Crippen molar-refractivity contribution in [2.24, 2.45) is 0 Å². The number of amides is 1. The zero-order valence-corrected chi connectivity index (χ0v) is 13.9. The van der Waals surface area contributed by atoms with E-state index in [0.717, 1.165) is 5.56 Å². The summed E-state index contributed by atoms with van der Waals surface area (Å²) in [7, 11) is 0. The number of ether oxygens (including phenoxy) is 2. The van der Waals surface area contributed by atoms with Crippen LogP contribution < -0.4 is 10.1 Å². The lowest BCUT2D eigenvalue weighted by molar-refractivity contribution is -0.124. The van der Waals surface area contributed by atoms with Gasteiger partial charge in [0.1, 0.15) is 17.7 Å². The monoisotopic (exact) mass is 344 g/mol. The van der Waals surface area contributed by atoms with Crippen LogP contribution in [0.25, 0.3) is 0 Å². The second kappa shape index (κ2) is 8.58. The number of carbonyl (C=O) groups excluding carboxylic acids is 1. The summed E-state index contributed by atoms with van der Waals surface area (Å²) >= 11 is 0. The molecule has 1 aliphatic heterocycles. The second-order valence-corrected chi connectivity index (χ2v) is 6.01. The quantitative estimate of drug-likeness (QED) is 0.875. The van der Waals surface area contributed by atoms with Crippen LogP contribution in [0.3, 0.4) is 0 Å². The van der Waals surface area contributed by atoms with Crippen molar-refractivity contribution in [2.45, 2.75) is 31.4 Å². The van der Waals surface area contributed by atoms with E-state index in [2.05, 4.69) is 10.3 Å². The fourth-order valence-electron chi connectivity index (χ4n) is 2.80. The summed E-state index contributed by atoms with van der Waals surface area (Å²) in [4.78, 5) is 16.2. The molecule has 1 fully saturated rings. The van der Waals surface area contributed by atoms with Gasteiger partial charge >= 0.3 is 0 Å². The molecule has 0 aliphatic carbocycles. The topological polar surface area (TPSA) is 60.5 Å². The van der Waals surface area contributed by atoms with E-state index in [0.29, 0.717) is 38.2 Å². The molecule has 2 aromatic rings. The third-order valence-electron chi connectivity index (χ3n) is 4.11. The van der Waals surface area contributed by atoms with E-state index in [1.165, 1.54) is 12.1 Å². The molecule has 5 nitrogen and oxygen atoms in total. The number of rotatable bonds is 6. The minimum Gasteiger partial charge on any atom is -0.488 e. The molecule has 0 saturated carbocycles. The molecule has 0 unspecified atom stereocenters. The summed E-state index contributed by atoms with van der Waals surface area (Å²) in [6, 6.07) is 9.57. The van der Waals surface area contributed by atoms with Crippen molar-refractivity contribution in [3.8, 4) is 5.75 Å². The molecule has 0 bridgehead atoms. The Morgan fingerprint density at radius 1 is 1.32 bits per heavy atom. The van der Waals surface area contributed by atoms with Crippen LogP contribution >= 0.6 is 0 Å². The zero-order chi connectivity index (χ0) is 17.5. The zero-order valence-electron chi connectivity index (χ0n) is 13.9. The Balaban J connectivity index is 1.54. The van der Waals surface area contributed by atoms with Gasteiger partial charge in [-0.1, -0.05) is 6.07 Å². The molecule has 3 rings (SSSR count). The van der Waals surface area contributed by atoms with Crippen LogP contribution in [0.5, 0.6) is 5.75 Å². The highest BCUT2D eigenvalue weighted by molar-refractivity contribution is 5.76. The van der Waals surface area contributed by atoms with Gasteiger partial charge in [-0.25, -0.2) is 4.39 Å². The van der Waals surface area contributed by atoms with Crippen molar-refractivity contribution < 1.29 is 18.7 Å². The van der Waals surface area contributed by atoms with Gasteiger partial charge in [0.05, 0.1) is 19.3 Å². The van der Waals surface area contributed by atoms with Crippen LogP contribution in [-0.2, 0) is 16.0 Å². The average molecular weight is 344 g/mol. The van der Waals surface area contributed by atoms with Gasteiger partial charge in [-0.15, -0.1) is 0 Å². The van der Waals surface area contributed by atoms with Crippen LogP contribution in [0.1, 0.15) is 18.4 Å². The molecule has 1 aromatic carbocycles. The molecule has 1 amide bonds. The molecule has 132 valence electrons. The minimum atomic E-state index is -0.345. The molecule has 2 atom stereocenters. The van der Waals surface area contributed by atoms with E-state index >= 15 is 0 Å². The Morgan fingerprint density at radius 3 is 2.96 bits per heavy atom. The van der Waals surface area contributed by atoms with Crippen LogP contribution in [-0.4, -0.2) is 36.3 Å². The average Bonchev–Trinajstić information content (AvgIpc) is 2.63. The summed E-state index contributed by atoms with van der Waals surface area (Å²) < 4.78 is 24.6. The summed E-state index contributed by atoms with van der Waals surface area (Å²) in [5.74, 6) is 0.0607. The van der Waals surface area contributed by atoms with Crippen LogP contribution in [0.15, 0.2) is 48.8 Å². The number of pyridine rings is 1. The number of hydrogen-bond acceptors (Lipinski definition) is 4. The molecule has 1 aliphatic rings. The van der Waals surface area contributed by atoms with E-state index < -0.39 is 0 Å². The fraction of sp³-hybridized carbons (Fsp3) is 0.368. The van der Waals surface area contributed by atoms with Gasteiger partial charge in [-0.05, 0) is 36.2 Å². The largest absolute Gasteiger partial charge is 0.488 e. The van der Waals surface area contributed by atoms with Crippen LogP contribution in [0.2, 0.25) is 0 Å². The fourth-order valence-corrected chi connectivity index (χ4v) is 2.80. The Labute approximate surface area is 146 Å². The molecule has 1 saturated heterocycles. The summed E-state index contributed by atoms with van der Waals surface area (Å²) in [6.07, 6.45) is 4.87. The van der Waals surface area contributed by atoms with Gasteiger partial charge in [0.15, 0.2) is 0 Å². The third kappa shape index (κ3) is 5.26. The number of aryl methyl sites for hydroxylation is 1. The number of halogens is 1. The van der Waals surface area contributed by atoms with Crippen molar-refractivity contribution in [2.75, 3.05) is 13.2 Å². The van der Waals surface area contributed by atoms with Crippen molar-refractivity contribution >= 4 is 5.91 Å². The molecule has 0 radical (unpaired) electrons. The predicted molar refractivity (Wildman–Crippen MR) is 90.7 cm³/mol. The smallest absolute Gasteiger partial charge is 0.220 e. The van der Waals surface area contributed by atoms with Crippen molar-refractivity contribution in [3.05, 3.63) is 60.2 Å². The van der Waals surface area contributed by atoms with Gasteiger partial charge in [0.25, 0.3) is 0 Å². The first-order chi connectivity index (χ1) is 12.2. The highest BCUT2D eigenvalue weighted by Crippen LogP contribution is 2.19.